The molecule has 0 heterocycles. The van der Waals surface area contributed by atoms with Crippen molar-refractivity contribution in [2.24, 2.45) is 0 Å². The lowest BCUT2D eigenvalue weighted by atomic mass is 10.1. The van der Waals surface area contributed by atoms with Crippen molar-refractivity contribution in [2.45, 2.75) is 30.8 Å². The van der Waals surface area contributed by atoms with Gasteiger partial charge in [-0.05, 0) is 79.6 Å². The van der Waals surface area contributed by atoms with Crippen molar-refractivity contribution in [3.05, 3.63) is 89.2 Å². The molecule has 1 unspecified atom stereocenters. The maximum atomic E-state index is 13.2. The summed E-state index contributed by atoms with van der Waals surface area (Å²) in [5.74, 6) is -0.981. The number of benzene rings is 3. The number of hydrogen-bond acceptors (Lipinski definition) is 6. The maximum absolute atomic E-state index is 13.2. The van der Waals surface area contributed by atoms with Crippen molar-refractivity contribution in [3.8, 4) is 5.75 Å². The zero-order valence-electron chi connectivity index (χ0n) is 22.1. The summed E-state index contributed by atoms with van der Waals surface area (Å²) in [5, 5.41) is 3.35. The quantitative estimate of drug-likeness (QED) is 0.271. The summed E-state index contributed by atoms with van der Waals surface area (Å²) >= 11 is 5.98. The molecule has 0 fully saturated rings. The lowest BCUT2D eigenvalue weighted by Crippen LogP contribution is -2.49. The molecule has 3 rings (SSSR count). The number of rotatable bonds is 14. The topological polar surface area (TPSA) is 114 Å². The summed E-state index contributed by atoms with van der Waals surface area (Å²) in [6.07, 6.45) is 0.633. The predicted octanol–water partition coefficient (Wildman–Crippen LogP) is 4.23. The average Bonchev–Trinajstić information content (AvgIpc) is 2.94. The minimum atomic E-state index is -3.92. The fourth-order valence-corrected chi connectivity index (χ4v) is 4.80. The summed E-state index contributed by atoms with van der Waals surface area (Å²) in [5.41, 5.74) is 0.991. The molecule has 3 aromatic rings. The van der Waals surface area contributed by atoms with Crippen LogP contribution in [0.2, 0.25) is 5.02 Å². The van der Waals surface area contributed by atoms with E-state index in [4.69, 9.17) is 21.1 Å². The van der Waals surface area contributed by atoms with Gasteiger partial charge in [-0.1, -0.05) is 23.7 Å². The Morgan fingerprint density at radius 3 is 2.27 bits per heavy atom. The van der Waals surface area contributed by atoms with Crippen molar-refractivity contribution in [1.29, 1.82) is 0 Å². The Morgan fingerprint density at radius 2 is 1.65 bits per heavy atom. The van der Waals surface area contributed by atoms with E-state index in [2.05, 4.69) is 10.0 Å². The number of hydrogen-bond donors (Lipinski definition) is 2. The van der Waals surface area contributed by atoms with Crippen LogP contribution >= 0.6 is 11.6 Å². The Balaban J connectivity index is 1.66. The molecule has 1 atom stereocenters. The number of halogens is 2. The lowest BCUT2D eigenvalue weighted by Gasteiger charge is -2.28. The zero-order valence-corrected chi connectivity index (χ0v) is 23.7. The first-order valence-corrected chi connectivity index (χ1v) is 14.3. The molecule has 0 aliphatic heterocycles. The molecular weight excluding hydrogens is 561 g/mol. The molecule has 0 aromatic heterocycles. The SMILES string of the molecule is COCCCNC(=O)C(C)N(Cc1ccc(Cl)cc1)C(=O)COc1ccc(S(=O)(=O)Nc2ccc(F)cc2)cc1. The number of methoxy groups -OCH3 is 1. The summed E-state index contributed by atoms with van der Waals surface area (Å²) < 4.78 is 51.4. The second-order valence-corrected chi connectivity index (χ2v) is 11.0. The standard InChI is InChI=1S/C28H31ClFN3O6S/c1-20(28(35)31-16-3-17-38-2)33(18-21-4-6-22(29)7-5-21)27(34)19-39-25-12-14-26(15-13-25)40(36,37)32-24-10-8-23(30)9-11-24/h4-15,20,32H,3,16-19H2,1-2H3,(H,31,35). The van der Waals surface area contributed by atoms with Gasteiger partial charge in [0, 0.05) is 37.5 Å². The number of nitrogens with zero attached hydrogens (tertiary/aromatic N) is 1. The van der Waals surface area contributed by atoms with E-state index in [-0.39, 0.29) is 35.4 Å². The molecule has 3 aromatic carbocycles. The second kappa shape index (κ2) is 14.6. The number of sulfonamides is 1. The van der Waals surface area contributed by atoms with Crippen molar-refractivity contribution in [2.75, 3.05) is 31.6 Å². The fraction of sp³-hybridized carbons (Fsp3) is 0.286. The third kappa shape index (κ3) is 9.22. The molecule has 2 N–H and O–H groups in total. The smallest absolute Gasteiger partial charge is 0.261 e. The van der Waals surface area contributed by atoms with Crippen LogP contribution in [0.3, 0.4) is 0 Å². The highest BCUT2D eigenvalue weighted by molar-refractivity contribution is 7.92. The minimum Gasteiger partial charge on any atom is -0.484 e. The number of nitrogens with one attached hydrogen (secondary N) is 2. The minimum absolute atomic E-state index is 0.0429. The third-order valence-electron chi connectivity index (χ3n) is 5.85. The molecule has 0 bridgehead atoms. The Labute approximate surface area is 238 Å². The Bertz CT molecular complexity index is 1370. The highest BCUT2D eigenvalue weighted by Gasteiger charge is 2.26. The Morgan fingerprint density at radius 1 is 1.00 bits per heavy atom. The maximum Gasteiger partial charge on any atom is 0.261 e. The first-order chi connectivity index (χ1) is 19.1. The molecule has 2 amide bonds. The molecule has 0 radical (unpaired) electrons. The van der Waals surface area contributed by atoms with E-state index in [1.807, 2.05) is 0 Å². The molecule has 214 valence electrons. The number of carbonyl (C=O) groups is 2. The molecule has 0 spiro atoms. The number of ether oxygens (including phenoxy) is 2. The summed E-state index contributed by atoms with van der Waals surface area (Å²) in [6.45, 7) is 2.31. The molecule has 0 saturated heterocycles. The number of anilines is 1. The van der Waals surface area contributed by atoms with E-state index >= 15 is 0 Å². The van der Waals surface area contributed by atoms with Crippen molar-refractivity contribution < 1.29 is 31.9 Å². The first kappa shape index (κ1) is 30.9. The largest absolute Gasteiger partial charge is 0.484 e. The third-order valence-corrected chi connectivity index (χ3v) is 7.50. The molecule has 0 saturated carbocycles. The van der Waals surface area contributed by atoms with Gasteiger partial charge in [0.25, 0.3) is 15.9 Å². The van der Waals surface area contributed by atoms with E-state index in [9.17, 15) is 22.4 Å². The van der Waals surface area contributed by atoms with Crippen LogP contribution in [0.15, 0.2) is 77.7 Å². The van der Waals surface area contributed by atoms with Crippen molar-refractivity contribution in [1.82, 2.24) is 10.2 Å². The molecule has 0 aliphatic rings. The molecule has 0 aliphatic carbocycles. The van der Waals surface area contributed by atoms with Gasteiger partial charge in [0.05, 0.1) is 4.90 Å². The molecule has 9 nitrogen and oxygen atoms in total. The van der Waals surface area contributed by atoms with E-state index in [1.54, 1.807) is 38.3 Å². The van der Waals surface area contributed by atoms with Crippen LogP contribution < -0.4 is 14.8 Å². The van der Waals surface area contributed by atoms with Gasteiger partial charge in [0.15, 0.2) is 6.61 Å². The fourth-order valence-electron chi connectivity index (χ4n) is 3.62. The molecular formula is C28H31ClFN3O6S. The highest BCUT2D eigenvalue weighted by atomic mass is 35.5. The van der Waals surface area contributed by atoms with E-state index in [0.717, 1.165) is 17.7 Å². The monoisotopic (exact) mass is 591 g/mol. The van der Waals surface area contributed by atoms with Crippen LogP contribution in [0.1, 0.15) is 18.9 Å². The number of carbonyl (C=O) groups excluding carboxylic acids is 2. The van der Waals surface area contributed by atoms with Crippen LogP contribution in [0.4, 0.5) is 10.1 Å². The van der Waals surface area contributed by atoms with Crippen LogP contribution in [0.5, 0.6) is 5.75 Å². The highest BCUT2D eigenvalue weighted by Crippen LogP contribution is 2.20. The summed E-state index contributed by atoms with van der Waals surface area (Å²) in [4.78, 5) is 27.3. The normalized spacial score (nSPS) is 11.9. The van der Waals surface area contributed by atoms with Gasteiger partial charge in [-0.2, -0.15) is 0 Å². The second-order valence-electron chi connectivity index (χ2n) is 8.83. The lowest BCUT2D eigenvalue weighted by molar-refractivity contribution is -0.142. The van der Waals surface area contributed by atoms with Crippen LogP contribution in [0, 0.1) is 5.82 Å². The first-order valence-electron chi connectivity index (χ1n) is 12.4. The molecule has 12 heteroatoms. The molecule has 40 heavy (non-hydrogen) atoms. The van der Waals surface area contributed by atoms with Gasteiger partial charge in [0.1, 0.15) is 17.6 Å². The van der Waals surface area contributed by atoms with E-state index in [0.29, 0.717) is 24.6 Å². The van der Waals surface area contributed by atoms with Crippen LogP contribution in [-0.2, 0) is 30.9 Å². The van der Waals surface area contributed by atoms with Crippen LogP contribution in [-0.4, -0.2) is 58.0 Å². The van der Waals surface area contributed by atoms with E-state index < -0.39 is 27.8 Å². The van der Waals surface area contributed by atoms with Crippen molar-refractivity contribution in [3.63, 3.8) is 0 Å². The van der Waals surface area contributed by atoms with Gasteiger partial charge in [-0.25, -0.2) is 12.8 Å². The summed E-state index contributed by atoms with van der Waals surface area (Å²) in [7, 11) is -2.34. The Kier molecular flexibility index (Phi) is 11.3. The van der Waals surface area contributed by atoms with Gasteiger partial charge in [-0.3, -0.25) is 14.3 Å². The van der Waals surface area contributed by atoms with Gasteiger partial charge in [-0.15, -0.1) is 0 Å². The average molecular weight is 592 g/mol. The predicted molar refractivity (Wildman–Crippen MR) is 150 cm³/mol. The van der Waals surface area contributed by atoms with Gasteiger partial charge >= 0.3 is 0 Å². The van der Waals surface area contributed by atoms with Crippen molar-refractivity contribution >= 4 is 39.1 Å². The summed E-state index contributed by atoms with van der Waals surface area (Å²) in [6, 6.07) is 16.6. The Hall–Kier alpha value is -3.67. The zero-order chi connectivity index (χ0) is 29.1. The van der Waals surface area contributed by atoms with E-state index in [1.165, 1.54) is 41.3 Å². The van der Waals surface area contributed by atoms with Gasteiger partial charge < -0.3 is 19.7 Å². The van der Waals surface area contributed by atoms with Crippen LogP contribution in [0.25, 0.3) is 0 Å². The number of amides is 2. The van der Waals surface area contributed by atoms with Gasteiger partial charge in [0.2, 0.25) is 5.91 Å².